The van der Waals surface area contributed by atoms with Crippen LogP contribution < -0.4 is 0 Å². The summed E-state index contributed by atoms with van der Waals surface area (Å²) in [7, 11) is 0. The summed E-state index contributed by atoms with van der Waals surface area (Å²) in [4.78, 5) is 13.0. The van der Waals surface area contributed by atoms with Gasteiger partial charge >= 0.3 is 6.09 Å². The molecular formula is C16H23NO4. The summed E-state index contributed by atoms with van der Waals surface area (Å²) < 4.78 is 0. The van der Waals surface area contributed by atoms with Crippen molar-refractivity contribution >= 4 is 6.09 Å². The van der Waals surface area contributed by atoms with Gasteiger partial charge in [-0.1, -0.05) is 38.1 Å². The highest BCUT2D eigenvalue weighted by molar-refractivity contribution is 5.66. The molecule has 1 aromatic rings. The summed E-state index contributed by atoms with van der Waals surface area (Å²) in [5.74, 6) is 0. The fourth-order valence-corrected chi connectivity index (χ4v) is 3.23. The SMILES string of the molecule is CC(C)(CC(O)CO)[C@@H]1Cc2ccccc2CN1C(=O)O. The van der Waals surface area contributed by atoms with E-state index >= 15 is 0 Å². The van der Waals surface area contributed by atoms with E-state index in [4.69, 9.17) is 5.11 Å². The Hall–Kier alpha value is -1.59. The van der Waals surface area contributed by atoms with Crippen LogP contribution in [0.1, 0.15) is 31.4 Å². The molecule has 0 bridgehead atoms. The minimum absolute atomic E-state index is 0.217. The van der Waals surface area contributed by atoms with Gasteiger partial charge < -0.3 is 20.2 Å². The first-order chi connectivity index (χ1) is 9.85. The van der Waals surface area contributed by atoms with Crippen molar-refractivity contribution in [1.82, 2.24) is 4.90 Å². The van der Waals surface area contributed by atoms with Crippen molar-refractivity contribution < 1.29 is 20.1 Å². The number of hydrogen-bond donors (Lipinski definition) is 3. The molecule has 1 aliphatic rings. The van der Waals surface area contributed by atoms with Crippen LogP contribution in [0.4, 0.5) is 4.79 Å². The van der Waals surface area contributed by atoms with Crippen LogP contribution in [0.2, 0.25) is 0 Å². The molecule has 0 radical (unpaired) electrons. The maximum absolute atomic E-state index is 11.6. The molecule has 0 spiro atoms. The Morgan fingerprint density at radius 3 is 2.57 bits per heavy atom. The molecule has 3 N–H and O–H groups in total. The summed E-state index contributed by atoms with van der Waals surface area (Å²) in [6.45, 7) is 3.95. The zero-order valence-corrected chi connectivity index (χ0v) is 12.5. The summed E-state index contributed by atoms with van der Waals surface area (Å²) in [5, 5.41) is 28.3. The van der Waals surface area contributed by atoms with Crippen LogP contribution in [0.3, 0.4) is 0 Å². The number of benzene rings is 1. The lowest BCUT2D eigenvalue weighted by molar-refractivity contribution is 0.0101. The molecule has 116 valence electrons. The van der Waals surface area contributed by atoms with Crippen LogP contribution >= 0.6 is 0 Å². The topological polar surface area (TPSA) is 81.0 Å². The molecule has 0 aliphatic carbocycles. The molecule has 21 heavy (non-hydrogen) atoms. The van der Waals surface area contributed by atoms with Crippen molar-refractivity contribution in [2.45, 2.75) is 45.4 Å². The maximum Gasteiger partial charge on any atom is 0.407 e. The number of amides is 1. The minimum atomic E-state index is -0.943. The average Bonchev–Trinajstić information content (AvgIpc) is 2.45. The molecule has 0 saturated carbocycles. The molecule has 2 rings (SSSR count). The number of nitrogens with zero attached hydrogens (tertiary/aromatic N) is 1. The van der Waals surface area contributed by atoms with E-state index in [1.807, 2.05) is 38.1 Å². The largest absolute Gasteiger partial charge is 0.465 e. The molecule has 0 saturated heterocycles. The second-order valence-corrected chi connectivity index (χ2v) is 6.43. The van der Waals surface area contributed by atoms with Crippen molar-refractivity contribution in [2.24, 2.45) is 5.41 Å². The predicted octanol–water partition coefficient (Wildman–Crippen LogP) is 1.86. The van der Waals surface area contributed by atoms with E-state index < -0.39 is 17.6 Å². The lowest BCUT2D eigenvalue weighted by Crippen LogP contribution is -2.52. The first-order valence-corrected chi connectivity index (χ1v) is 7.20. The first-order valence-electron chi connectivity index (χ1n) is 7.20. The highest BCUT2D eigenvalue weighted by atomic mass is 16.4. The van der Waals surface area contributed by atoms with E-state index in [0.29, 0.717) is 19.4 Å². The van der Waals surface area contributed by atoms with Gasteiger partial charge in [-0.3, -0.25) is 0 Å². The van der Waals surface area contributed by atoms with Crippen LogP contribution in [0.5, 0.6) is 0 Å². The van der Waals surface area contributed by atoms with E-state index in [-0.39, 0.29) is 12.6 Å². The number of carbonyl (C=O) groups is 1. The van der Waals surface area contributed by atoms with Crippen molar-refractivity contribution in [2.75, 3.05) is 6.61 Å². The molecule has 1 aromatic carbocycles. The summed E-state index contributed by atoms with van der Waals surface area (Å²) in [6, 6.07) is 7.64. The fourth-order valence-electron chi connectivity index (χ4n) is 3.23. The van der Waals surface area contributed by atoms with Gasteiger partial charge in [-0.2, -0.15) is 0 Å². The molecule has 0 fully saturated rings. The molecule has 5 nitrogen and oxygen atoms in total. The Morgan fingerprint density at radius 1 is 1.38 bits per heavy atom. The number of rotatable bonds is 4. The zero-order valence-electron chi connectivity index (χ0n) is 12.5. The molecular weight excluding hydrogens is 270 g/mol. The Kier molecular flexibility index (Phi) is 4.54. The quantitative estimate of drug-likeness (QED) is 0.791. The van der Waals surface area contributed by atoms with Gasteiger partial charge in [0.25, 0.3) is 0 Å². The van der Waals surface area contributed by atoms with E-state index in [1.54, 1.807) is 0 Å². The molecule has 1 aliphatic heterocycles. The van der Waals surface area contributed by atoms with Crippen molar-refractivity contribution in [1.29, 1.82) is 0 Å². The van der Waals surface area contributed by atoms with Gasteiger partial charge in [-0.15, -0.1) is 0 Å². The van der Waals surface area contributed by atoms with Gasteiger partial charge in [0.15, 0.2) is 0 Å². The van der Waals surface area contributed by atoms with Gasteiger partial charge in [-0.05, 0) is 29.4 Å². The second kappa shape index (κ2) is 6.03. The third kappa shape index (κ3) is 3.36. The third-order valence-corrected chi connectivity index (χ3v) is 4.37. The molecule has 2 atom stereocenters. The lowest BCUT2D eigenvalue weighted by Gasteiger charge is -2.45. The smallest absolute Gasteiger partial charge is 0.407 e. The number of aliphatic hydroxyl groups is 2. The fraction of sp³-hybridized carbons (Fsp3) is 0.562. The molecule has 1 amide bonds. The Balaban J connectivity index is 2.30. The second-order valence-electron chi connectivity index (χ2n) is 6.43. The van der Waals surface area contributed by atoms with E-state index in [2.05, 4.69) is 0 Å². The normalized spacial score (nSPS) is 20.0. The molecule has 0 aromatic heterocycles. The van der Waals surface area contributed by atoms with Gasteiger partial charge in [-0.25, -0.2) is 4.79 Å². The van der Waals surface area contributed by atoms with Crippen molar-refractivity contribution in [3.05, 3.63) is 35.4 Å². The number of fused-ring (bicyclic) bond motifs is 1. The average molecular weight is 293 g/mol. The summed E-state index contributed by atoms with van der Waals surface area (Å²) in [5.41, 5.74) is 1.77. The van der Waals surface area contributed by atoms with Gasteiger partial charge in [0.2, 0.25) is 0 Å². The van der Waals surface area contributed by atoms with Crippen LogP contribution in [0.15, 0.2) is 24.3 Å². The van der Waals surface area contributed by atoms with Gasteiger partial charge in [0.1, 0.15) is 0 Å². The maximum atomic E-state index is 11.6. The monoisotopic (exact) mass is 293 g/mol. The van der Waals surface area contributed by atoms with Crippen LogP contribution in [0.25, 0.3) is 0 Å². The summed E-state index contributed by atoms with van der Waals surface area (Å²) in [6.07, 6.45) is -0.776. The lowest BCUT2D eigenvalue weighted by atomic mass is 9.74. The third-order valence-electron chi connectivity index (χ3n) is 4.37. The number of aliphatic hydroxyl groups excluding tert-OH is 2. The highest BCUT2D eigenvalue weighted by Gasteiger charge is 2.40. The first kappa shape index (κ1) is 15.8. The predicted molar refractivity (Wildman–Crippen MR) is 79.0 cm³/mol. The van der Waals surface area contributed by atoms with Crippen molar-refractivity contribution in [3.63, 3.8) is 0 Å². The van der Waals surface area contributed by atoms with Crippen LogP contribution in [-0.4, -0.2) is 45.1 Å². The van der Waals surface area contributed by atoms with Gasteiger partial charge in [0.05, 0.1) is 12.7 Å². The van der Waals surface area contributed by atoms with Gasteiger partial charge in [0, 0.05) is 12.6 Å². The Morgan fingerprint density at radius 2 is 2.00 bits per heavy atom. The Bertz CT molecular complexity index is 515. The van der Waals surface area contributed by atoms with E-state index in [9.17, 15) is 15.0 Å². The van der Waals surface area contributed by atoms with Crippen molar-refractivity contribution in [3.8, 4) is 0 Å². The van der Waals surface area contributed by atoms with Crippen LogP contribution in [-0.2, 0) is 13.0 Å². The van der Waals surface area contributed by atoms with E-state index in [1.165, 1.54) is 4.90 Å². The number of hydrogen-bond acceptors (Lipinski definition) is 3. The minimum Gasteiger partial charge on any atom is -0.465 e. The number of carboxylic acid groups (broad SMARTS) is 1. The van der Waals surface area contributed by atoms with Crippen LogP contribution in [0, 0.1) is 5.41 Å². The highest BCUT2D eigenvalue weighted by Crippen LogP contribution is 2.37. The molecule has 1 unspecified atom stereocenters. The standard InChI is InChI=1S/C16H23NO4/c1-16(2,8-13(19)10-18)14-7-11-5-3-4-6-12(11)9-17(14)15(20)21/h3-6,13-14,18-19H,7-10H2,1-2H3,(H,20,21)/t13?,14-/m0/s1. The van der Waals surface area contributed by atoms with E-state index in [0.717, 1.165) is 11.1 Å². The zero-order chi connectivity index (χ0) is 15.6. The summed E-state index contributed by atoms with van der Waals surface area (Å²) >= 11 is 0. The Labute approximate surface area is 124 Å². The molecule has 1 heterocycles. The molecule has 5 heteroatoms.